The number of hydrogen-bond acceptors (Lipinski definition) is 4. The average molecular weight is 376 g/mol. The van der Waals surface area contributed by atoms with Gasteiger partial charge in [0.05, 0.1) is 6.20 Å². The van der Waals surface area contributed by atoms with E-state index in [0.717, 1.165) is 29.7 Å². The van der Waals surface area contributed by atoms with E-state index in [1.165, 1.54) is 19.3 Å². The van der Waals surface area contributed by atoms with Crippen LogP contribution in [0.25, 0.3) is 11.5 Å². The van der Waals surface area contributed by atoms with Crippen molar-refractivity contribution >= 4 is 24.0 Å². The van der Waals surface area contributed by atoms with Crippen LogP contribution in [0.15, 0.2) is 35.1 Å². The second kappa shape index (κ2) is 7.80. The zero-order valence-corrected chi connectivity index (χ0v) is 15.8. The van der Waals surface area contributed by atoms with Crippen LogP contribution in [0.5, 0.6) is 0 Å². The van der Waals surface area contributed by atoms with E-state index in [1.807, 2.05) is 25.1 Å². The predicted octanol–water partition coefficient (Wildman–Crippen LogP) is 4.16. The molecule has 0 saturated heterocycles. The Bertz CT molecular complexity index is 748. The van der Waals surface area contributed by atoms with Gasteiger partial charge in [-0.1, -0.05) is 12.5 Å². The van der Waals surface area contributed by atoms with Crippen molar-refractivity contribution in [2.24, 2.45) is 23.5 Å². The number of halogens is 1. The Morgan fingerprint density at radius 2 is 2.00 bits per heavy atom. The number of aryl methyl sites for hydroxylation is 1. The van der Waals surface area contributed by atoms with Crippen molar-refractivity contribution in [1.82, 2.24) is 4.98 Å². The van der Waals surface area contributed by atoms with Crippen molar-refractivity contribution in [1.29, 1.82) is 0 Å². The van der Waals surface area contributed by atoms with Crippen LogP contribution in [0.2, 0.25) is 0 Å². The number of nitrogens with one attached hydrogen (secondary N) is 1. The molecule has 2 aromatic rings. The summed E-state index contributed by atoms with van der Waals surface area (Å²) >= 11 is 0. The summed E-state index contributed by atoms with van der Waals surface area (Å²) < 4.78 is 5.40. The van der Waals surface area contributed by atoms with Crippen molar-refractivity contribution in [2.75, 3.05) is 5.32 Å². The molecule has 2 atom stereocenters. The van der Waals surface area contributed by atoms with Crippen LogP contribution < -0.4 is 11.1 Å². The van der Waals surface area contributed by atoms with Gasteiger partial charge < -0.3 is 15.5 Å². The largest absolute Gasteiger partial charge is 0.445 e. The summed E-state index contributed by atoms with van der Waals surface area (Å²) in [5, 5.41) is 3.10. The van der Waals surface area contributed by atoms with Crippen molar-refractivity contribution in [3.8, 4) is 11.5 Å². The minimum Gasteiger partial charge on any atom is -0.445 e. The molecular formula is C20H26ClN3O2. The quantitative estimate of drug-likeness (QED) is 0.843. The summed E-state index contributed by atoms with van der Waals surface area (Å²) in [5.41, 5.74) is 9.11. The fourth-order valence-electron chi connectivity index (χ4n) is 4.53. The summed E-state index contributed by atoms with van der Waals surface area (Å²) in [6.45, 7) is 2.01. The Balaban J connectivity index is 0.00000196. The number of fused-ring (bicyclic) bond motifs is 2. The lowest BCUT2D eigenvalue weighted by molar-refractivity contribution is -0.122. The molecule has 2 aliphatic rings. The lowest BCUT2D eigenvalue weighted by Gasteiger charge is -2.43. The Labute approximate surface area is 160 Å². The zero-order valence-electron chi connectivity index (χ0n) is 15.0. The van der Waals surface area contributed by atoms with Gasteiger partial charge in [0, 0.05) is 23.2 Å². The highest BCUT2D eigenvalue weighted by Crippen LogP contribution is 2.42. The average Bonchev–Trinajstić information content (AvgIpc) is 3.10. The third-order valence-electron chi connectivity index (χ3n) is 5.95. The second-order valence-corrected chi connectivity index (χ2v) is 7.55. The number of nitrogens with zero attached hydrogens (tertiary/aromatic N) is 1. The van der Waals surface area contributed by atoms with E-state index in [-0.39, 0.29) is 30.3 Å². The Morgan fingerprint density at radius 3 is 2.65 bits per heavy atom. The van der Waals surface area contributed by atoms with E-state index in [2.05, 4.69) is 10.3 Å². The fourth-order valence-corrected chi connectivity index (χ4v) is 4.53. The highest BCUT2D eigenvalue weighted by atomic mass is 35.5. The molecule has 2 bridgehead atoms. The van der Waals surface area contributed by atoms with Gasteiger partial charge >= 0.3 is 0 Å². The SMILES string of the molecule is Cc1ccc(NC(=O)C2CC3CCCC(C2)C3N)cc1-c1ncco1.Cl. The Morgan fingerprint density at radius 1 is 1.27 bits per heavy atom. The Hall–Kier alpha value is -1.85. The van der Waals surface area contributed by atoms with Crippen LogP contribution in [0.4, 0.5) is 5.69 Å². The van der Waals surface area contributed by atoms with Gasteiger partial charge in [0.25, 0.3) is 0 Å². The molecule has 0 spiro atoms. The first-order valence-corrected chi connectivity index (χ1v) is 9.19. The molecule has 4 rings (SSSR count). The molecule has 6 heteroatoms. The topological polar surface area (TPSA) is 81.2 Å². The number of carbonyl (C=O) groups excluding carboxylic acids is 1. The van der Waals surface area contributed by atoms with Gasteiger partial charge in [-0.2, -0.15) is 0 Å². The standard InChI is InChI=1S/C20H25N3O2.ClH/c1-12-5-6-16(11-17(12)20-22-7-8-25-20)23-19(24)15-9-13-3-2-4-14(10-15)18(13)21;/h5-8,11,13-15,18H,2-4,9-10,21H2,1H3,(H,23,24);1H. The second-order valence-electron chi connectivity index (χ2n) is 7.55. The number of rotatable bonds is 3. The summed E-state index contributed by atoms with van der Waals surface area (Å²) in [6, 6.07) is 6.15. The number of aromatic nitrogens is 1. The summed E-state index contributed by atoms with van der Waals surface area (Å²) in [6.07, 6.45) is 8.62. The highest BCUT2D eigenvalue weighted by Gasteiger charge is 2.40. The normalized spacial score (nSPS) is 27.5. The van der Waals surface area contributed by atoms with Crippen molar-refractivity contribution in [3.05, 3.63) is 36.2 Å². The Kier molecular flexibility index (Phi) is 5.68. The summed E-state index contributed by atoms with van der Waals surface area (Å²) in [4.78, 5) is 17.0. The molecule has 1 amide bonds. The van der Waals surface area contributed by atoms with Crippen molar-refractivity contribution in [3.63, 3.8) is 0 Å². The minimum atomic E-state index is 0. The van der Waals surface area contributed by atoms with Crippen LogP contribution in [0.3, 0.4) is 0 Å². The van der Waals surface area contributed by atoms with Crippen molar-refractivity contribution < 1.29 is 9.21 Å². The molecule has 1 heterocycles. The monoisotopic (exact) mass is 375 g/mol. The zero-order chi connectivity index (χ0) is 17.4. The van der Waals surface area contributed by atoms with Crippen LogP contribution in [0.1, 0.15) is 37.7 Å². The maximum atomic E-state index is 12.8. The molecule has 3 N–H and O–H groups in total. The molecule has 2 fully saturated rings. The number of carbonyl (C=O) groups is 1. The number of hydrogen-bond donors (Lipinski definition) is 2. The number of oxazole rings is 1. The first kappa shape index (κ1) is 18.9. The molecule has 1 aromatic carbocycles. The predicted molar refractivity (Wildman–Crippen MR) is 104 cm³/mol. The van der Waals surface area contributed by atoms with E-state index < -0.39 is 0 Å². The van der Waals surface area contributed by atoms with Crippen molar-refractivity contribution in [2.45, 2.75) is 45.1 Å². The van der Waals surface area contributed by atoms with Crippen LogP contribution >= 0.6 is 12.4 Å². The third kappa shape index (κ3) is 3.64. The molecule has 140 valence electrons. The molecule has 2 unspecified atom stereocenters. The van der Waals surface area contributed by atoms with Gasteiger partial charge in [0.15, 0.2) is 0 Å². The first-order chi connectivity index (χ1) is 12.1. The molecule has 5 nitrogen and oxygen atoms in total. The van der Waals surface area contributed by atoms with Crippen LogP contribution in [-0.4, -0.2) is 16.9 Å². The van der Waals surface area contributed by atoms with Gasteiger partial charge in [-0.25, -0.2) is 4.98 Å². The molecular weight excluding hydrogens is 350 g/mol. The highest BCUT2D eigenvalue weighted by molar-refractivity contribution is 5.93. The van der Waals surface area contributed by atoms with E-state index in [0.29, 0.717) is 17.7 Å². The van der Waals surface area contributed by atoms with Gasteiger partial charge in [0.2, 0.25) is 11.8 Å². The lowest BCUT2D eigenvalue weighted by Crippen LogP contribution is -2.48. The summed E-state index contributed by atoms with van der Waals surface area (Å²) in [5.74, 6) is 1.77. The van der Waals surface area contributed by atoms with E-state index in [4.69, 9.17) is 10.2 Å². The number of amides is 1. The van der Waals surface area contributed by atoms with Crippen LogP contribution in [-0.2, 0) is 4.79 Å². The third-order valence-corrected chi connectivity index (χ3v) is 5.95. The van der Waals surface area contributed by atoms with Gasteiger partial charge in [0.1, 0.15) is 6.26 Å². The molecule has 2 aliphatic carbocycles. The first-order valence-electron chi connectivity index (χ1n) is 9.19. The summed E-state index contributed by atoms with van der Waals surface area (Å²) in [7, 11) is 0. The molecule has 0 radical (unpaired) electrons. The van der Waals surface area contributed by atoms with E-state index in [1.54, 1.807) is 12.5 Å². The maximum absolute atomic E-state index is 12.8. The molecule has 1 aromatic heterocycles. The number of nitrogens with two attached hydrogens (primary N) is 1. The maximum Gasteiger partial charge on any atom is 0.227 e. The minimum absolute atomic E-state index is 0. The van der Waals surface area contributed by atoms with Gasteiger partial charge in [-0.15, -0.1) is 12.4 Å². The fraction of sp³-hybridized carbons (Fsp3) is 0.500. The number of anilines is 1. The van der Waals surface area contributed by atoms with E-state index in [9.17, 15) is 4.79 Å². The molecule has 2 saturated carbocycles. The smallest absolute Gasteiger partial charge is 0.227 e. The lowest BCUT2D eigenvalue weighted by atomic mass is 9.65. The van der Waals surface area contributed by atoms with Gasteiger partial charge in [-0.05, 0) is 62.1 Å². The van der Waals surface area contributed by atoms with Gasteiger partial charge in [-0.3, -0.25) is 4.79 Å². The molecule has 0 aliphatic heterocycles. The van der Waals surface area contributed by atoms with Crippen LogP contribution in [0, 0.1) is 24.7 Å². The van der Waals surface area contributed by atoms with E-state index >= 15 is 0 Å². The number of benzene rings is 1. The molecule has 26 heavy (non-hydrogen) atoms.